The highest BCUT2D eigenvalue weighted by Gasteiger charge is 2.65. The van der Waals surface area contributed by atoms with Crippen molar-refractivity contribution in [3.05, 3.63) is 35.9 Å². The van der Waals surface area contributed by atoms with Crippen molar-refractivity contribution in [2.75, 3.05) is 19.0 Å². The molecule has 5 atom stereocenters. The van der Waals surface area contributed by atoms with Crippen LogP contribution < -0.4 is 5.32 Å². The van der Waals surface area contributed by atoms with E-state index in [4.69, 9.17) is 11.6 Å². The predicted molar refractivity (Wildman–Crippen MR) is 114 cm³/mol. The van der Waals surface area contributed by atoms with Crippen LogP contribution in [0.5, 0.6) is 0 Å². The molecule has 1 N–H and O–H groups in total. The van der Waals surface area contributed by atoms with Crippen molar-refractivity contribution in [1.29, 1.82) is 0 Å². The molecule has 0 aromatic heterocycles. The molecule has 5 aliphatic rings. The number of rotatable bonds is 4. The first kappa shape index (κ1) is 19.7. The molecular formula is C24H30ClFN2O. The molecule has 1 aliphatic heterocycles. The molecule has 1 aromatic carbocycles. The van der Waals surface area contributed by atoms with E-state index in [1.54, 1.807) is 0 Å². The zero-order valence-electron chi connectivity index (χ0n) is 16.9. The molecular weight excluding hydrogens is 387 g/mol. The predicted octanol–water partition coefficient (Wildman–Crippen LogP) is 4.82. The molecule has 4 aliphatic carbocycles. The Balaban J connectivity index is 1.54. The van der Waals surface area contributed by atoms with Crippen molar-refractivity contribution in [1.82, 2.24) is 5.32 Å². The Hall–Kier alpha value is -1.26. The SMILES string of the molecule is O=C(/N=C1\CCNC[C@@H]1F)C12CC3C[C@@](CCCl)(C1)C[C@](c1ccccc1)(C3)C2. The van der Waals surface area contributed by atoms with Crippen molar-refractivity contribution in [3.8, 4) is 0 Å². The summed E-state index contributed by atoms with van der Waals surface area (Å²) in [5.74, 6) is 1.11. The van der Waals surface area contributed by atoms with Crippen LogP contribution in [0.4, 0.5) is 4.39 Å². The van der Waals surface area contributed by atoms with Gasteiger partial charge in [0.05, 0.1) is 11.1 Å². The van der Waals surface area contributed by atoms with E-state index in [1.807, 2.05) is 0 Å². The smallest absolute Gasteiger partial charge is 0.251 e. The largest absolute Gasteiger partial charge is 0.313 e. The number of alkyl halides is 2. The van der Waals surface area contributed by atoms with Gasteiger partial charge in [-0.3, -0.25) is 4.79 Å². The maximum absolute atomic E-state index is 14.4. The minimum atomic E-state index is -1.14. The molecule has 1 saturated heterocycles. The summed E-state index contributed by atoms with van der Waals surface area (Å²) in [6, 6.07) is 10.7. The van der Waals surface area contributed by atoms with E-state index >= 15 is 0 Å². The topological polar surface area (TPSA) is 41.5 Å². The van der Waals surface area contributed by atoms with Gasteiger partial charge in [-0.25, -0.2) is 9.38 Å². The van der Waals surface area contributed by atoms with E-state index in [0.29, 0.717) is 30.5 Å². The van der Waals surface area contributed by atoms with Gasteiger partial charge in [0.2, 0.25) is 0 Å². The van der Waals surface area contributed by atoms with Crippen molar-refractivity contribution in [3.63, 3.8) is 0 Å². The summed E-state index contributed by atoms with van der Waals surface area (Å²) in [4.78, 5) is 18.1. The minimum absolute atomic E-state index is 0.0336. The first-order valence-corrected chi connectivity index (χ1v) is 11.6. The number of hydrogen-bond donors (Lipinski definition) is 1. The molecule has 5 fully saturated rings. The molecule has 5 heteroatoms. The van der Waals surface area contributed by atoms with Gasteiger partial charge in [-0.1, -0.05) is 30.3 Å². The van der Waals surface area contributed by atoms with Gasteiger partial charge in [0, 0.05) is 25.4 Å². The van der Waals surface area contributed by atoms with Crippen LogP contribution in [0.1, 0.15) is 56.9 Å². The molecule has 1 amide bonds. The average molecular weight is 417 g/mol. The average Bonchev–Trinajstić information content (AvgIpc) is 2.69. The second kappa shape index (κ2) is 7.16. The molecule has 1 aromatic rings. The normalized spacial score (nSPS) is 42.3. The molecule has 6 rings (SSSR count). The number of nitrogens with zero attached hydrogens (tertiary/aromatic N) is 1. The third-order valence-corrected chi connectivity index (χ3v) is 8.33. The summed E-state index contributed by atoms with van der Waals surface area (Å²) >= 11 is 6.26. The molecule has 4 saturated carbocycles. The highest BCUT2D eigenvalue weighted by Crippen LogP contribution is 2.71. The van der Waals surface area contributed by atoms with E-state index in [2.05, 4.69) is 40.6 Å². The van der Waals surface area contributed by atoms with Crippen LogP contribution in [-0.2, 0) is 10.2 Å². The molecule has 4 bridgehead atoms. The molecule has 2 unspecified atom stereocenters. The van der Waals surface area contributed by atoms with Crippen molar-refractivity contribution < 1.29 is 9.18 Å². The van der Waals surface area contributed by atoms with Crippen LogP contribution in [0.25, 0.3) is 0 Å². The molecule has 3 nitrogen and oxygen atoms in total. The zero-order valence-corrected chi connectivity index (χ0v) is 17.7. The number of piperidine rings is 1. The lowest BCUT2D eigenvalue weighted by atomic mass is 9.38. The van der Waals surface area contributed by atoms with Crippen molar-refractivity contribution in [2.45, 2.75) is 63.0 Å². The third-order valence-electron chi connectivity index (χ3n) is 8.14. The fraction of sp³-hybridized carbons (Fsp3) is 0.667. The third kappa shape index (κ3) is 3.27. The number of benzene rings is 1. The molecule has 1 heterocycles. The van der Waals surface area contributed by atoms with E-state index in [-0.39, 0.29) is 23.3 Å². The number of aliphatic imine (C=N–C) groups is 1. The molecule has 29 heavy (non-hydrogen) atoms. The maximum atomic E-state index is 14.4. The fourth-order valence-corrected chi connectivity index (χ4v) is 7.96. The van der Waals surface area contributed by atoms with Crippen LogP contribution in [0, 0.1) is 16.7 Å². The minimum Gasteiger partial charge on any atom is -0.313 e. The number of carbonyl (C=O) groups excluding carboxylic acids is 1. The van der Waals surface area contributed by atoms with Crippen LogP contribution in [0.15, 0.2) is 35.3 Å². The monoisotopic (exact) mass is 416 g/mol. The van der Waals surface area contributed by atoms with Crippen LogP contribution in [0.2, 0.25) is 0 Å². The van der Waals surface area contributed by atoms with E-state index < -0.39 is 11.6 Å². The van der Waals surface area contributed by atoms with E-state index in [9.17, 15) is 9.18 Å². The number of amides is 1. The number of nitrogens with one attached hydrogen (secondary N) is 1. The Morgan fingerprint density at radius 1 is 1.17 bits per heavy atom. The van der Waals surface area contributed by atoms with Crippen molar-refractivity contribution in [2.24, 2.45) is 21.7 Å². The summed E-state index contributed by atoms with van der Waals surface area (Å²) in [5.41, 5.74) is 1.52. The highest BCUT2D eigenvalue weighted by molar-refractivity contribution is 6.17. The number of carbonyl (C=O) groups is 1. The van der Waals surface area contributed by atoms with E-state index in [1.165, 1.54) is 12.0 Å². The Morgan fingerprint density at radius 3 is 2.76 bits per heavy atom. The summed E-state index contributed by atoms with van der Waals surface area (Å²) in [6.07, 6.45) is 6.45. The lowest BCUT2D eigenvalue weighted by molar-refractivity contribution is -0.159. The van der Waals surface area contributed by atoms with Gasteiger partial charge in [-0.2, -0.15) is 0 Å². The Morgan fingerprint density at radius 2 is 2.00 bits per heavy atom. The van der Waals surface area contributed by atoms with Crippen LogP contribution in [-0.4, -0.2) is 36.8 Å². The van der Waals surface area contributed by atoms with Crippen LogP contribution in [0.3, 0.4) is 0 Å². The van der Waals surface area contributed by atoms with Crippen LogP contribution >= 0.6 is 11.6 Å². The summed E-state index contributed by atoms with van der Waals surface area (Å²) in [6.45, 7) is 0.970. The first-order chi connectivity index (χ1) is 14.0. The van der Waals surface area contributed by atoms with Gasteiger partial charge < -0.3 is 5.32 Å². The standard InChI is InChI=1S/C24H30ClFN2O/c25-8-7-22-10-17-11-23(14-22,18-4-2-1-3-5-18)16-24(12-17,15-22)21(29)28-20-6-9-27-13-19(20)26/h1-5,17,19,27H,6-16H2/b28-20+/t17?,19-,22+,23+,24?/m0/s1. The molecule has 156 valence electrons. The van der Waals surface area contributed by atoms with Gasteiger partial charge >= 0.3 is 0 Å². The summed E-state index contributed by atoms with van der Waals surface area (Å²) in [5, 5.41) is 3.04. The van der Waals surface area contributed by atoms with Gasteiger partial charge in [0.25, 0.3) is 5.91 Å². The Bertz CT molecular complexity index is 829. The second-order valence-corrected chi connectivity index (χ2v) is 10.6. The fourth-order valence-electron chi connectivity index (χ4n) is 7.56. The first-order valence-electron chi connectivity index (χ1n) is 11.1. The number of hydrogen-bond acceptors (Lipinski definition) is 2. The highest BCUT2D eigenvalue weighted by atomic mass is 35.5. The Kier molecular flexibility index (Phi) is 4.86. The summed E-state index contributed by atoms with van der Waals surface area (Å²) in [7, 11) is 0. The van der Waals surface area contributed by atoms with Crippen molar-refractivity contribution >= 4 is 23.2 Å². The van der Waals surface area contributed by atoms with Gasteiger partial charge in [-0.05, 0) is 67.3 Å². The van der Waals surface area contributed by atoms with E-state index in [0.717, 1.165) is 38.5 Å². The van der Waals surface area contributed by atoms with Gasteiger partial charge in [0.1, 0.15) is 0 Å². The lowest BCUT2D eigenvalue weighted by Gasteiger charge is -2.66. The zero-order chi connectivity index (χ0) is 20.1. The lowest BCUT2D eigenvalue weighted by Crippen LogP contribution is -2.61. The number of halogens is 2. The molecule has 0 spiro atoms. The molecule has 0 radical (unpaired) electrons. The quantitative estimate of drug-likeness (QED) is 0.714. The van der Waals surface area contributed by atoms with Gasteiger partial charge in [0.15, 0.2) is 6.17 Å². The second-order valence-electron chi connectivity index (χ2n) is 10.2. The van der Waals surface area contributed by atoms with Gasteiger partial charge in [-0.15, -0.1) is 11.6 Å². The summed E-state index contributed by atoms with van der Waals surface area (Å²) < 4.78 is 14.4. The maximum Gasteiger partial charge on any atom is 0.251 e. The Labute approximate surface area is 177 Å².